The molecular formula is C16H15F2N2O8PS. The molecule has 1 fully saturated rings. The lowest BCUT2D eigenvalue weighted by Gasteiger charge is -2.28. The van der Waals surface area contributed by atoms with Gasteiger partial charge in [0, 0.05) is 17.8 Å². The molecule has 5 atom stereocenters. The maximum Gasteiger partial charge on any atom is 0.530 e. The fourth-order valence-electron chi connectivity index (χ4n) is 2.83. The Morgan fingerprint density at radius 1 is 1.47 bits per heavy atom. The molecule has 0 bridgehead atoms. The first-order valence-corrected chi connectivity index (χ1v) is 10.2. The maximum atomic E-state index is 15.6. The van der Waals surface area contributed by atoms with Gasteiger partial charge in [-0.2, -0.15) is 0 Å². The van der Waals surface area contributed by atoms with Crippen molar-refractivity contribution in [1.82, 2.24) is 9.55 Å². The Labute approximate surface area is 175 Å². The van der Waals surface area contributed by atoms with Crippen molar-refractivity contribution in [3.63, 3.8) is 0 Å². The maximum absolute atomic E-state index is 15.6. The minimum absolute atomic E-state index is 0.143. The number of nitrogens with one attached hydrogen (secondary N) is 1. The number of hydrogen-bond donors (Lipinski definition) is 3. The molecule has 0 spiro atoms. The van der Waals surface area contributed by atoms with Gasteiger partial charge in [0.1, 0.15) is 30.3 Å². The number of ether oxygens (including phenoxy) is 1. The van der Waals surface area contributed by atoms with Gasteiger partial charge in [0.2, 0.25) is 0 Å². The summed E-state index contributed by atoms with van der Waals surface area (Å²) in [6.45, 7) is -4.19. The van der Waals surface area contributed by atoms with Crippen molar-refractivity contribution in [3.05, 3.63) is 57.0 Å². The minimum atomic E-state index is -4.82. The lowest BCUT2D eigenvalue weighted by atomic mass is 10.1. The third-order valence-corrected chi connectivity index (χ3v) is 5.81. The fourth-order valence-corrected chi connectivity index (χ4v) is 4.19. The zero-order valence-electron chi connectivity index (χ0n) is 16.7. The Morgan fingerprint density at radius 2 is 2.23 bits per heavy atom. The summed E-state index contributed by atoms with van der Waals surface area (Å²) in [4.78, 5) is 13.5. The molecule has 14 heteroatoms. The Morgan fingerprint density at radius 3 is 2.97 bits per heavy atom. The van der Waals surface area contributed by atoms with Gasteiger partial charge in [-0.15, -0.1) is 0 Å². The van der Waals surface area contributed by atoms with Gasteiger partial charge in [0.05, 0.1) is 9.35 Å². The van der Waals surface area contributed by atoms with Crippen LogP contribution in [0.2, 0.25) is 0 Å². The molecule has 0 amide bonds. The molecular weight excluding hydrogens is 449 g/mol. The van der Waals surface area contributed by atoms with Crippen LogP contribution in [0.4, 0.5) is 8.78 Å². The largest absolute Gasteiger partial charge is 0.530 e. The van der Waals surface area contributed by atoms with Crippen molar-refractivity contribution in [1.29, 1.82) is 0 Å². The predicted molar refractivity (Wildman–Crippen MR) is 97.2 cm³/mol. The van der Waals surface area contributed by atoms with Crippen LogP contribution in [0, 0.1) is 10.6 Å². The summed E-state index contributed by atoms with van der Waals surface area (Å²) >= 11 is 4.91. The second kappa shape index (κ2) is 7.61. The lowest BCUT2D eigenvalue weighted by molar-refractivity contribution is -0.205. The topological polar surface area (TPSA) is 132 Å². The van der Waals surface area contributed by atoms with Crippen LogP contribution >= 0.6 is 20.0 Å². The zero-order chi connectivity index (χ0) is 23.5. The van der Waals surface area contributed by atoms with Gasteiger partial charge < -0.3 is 19.5 Å². The van der Waals surface area contributed by atoms with Crippen molar-refractivity contribution in [2.45, 2.75) is 30.9 Å². The molecule has 0 radical (unpaired) electrons. The molecule has 1 aromatic carbocycles. The van der Waals surface area contributed by atoms with E-state index < -0.39 is 56.7 Å². The van der Waals surface area contributed by atoms with Gasteiger partial charge in [-0.05, 0) is 30.4 Å². The zero-order valence-corrected chi connectivity index (χ0v) is 16.4. The number of aromatic nitrogens is 2. The summed E-state index contributed by atoms with van der Waals surface area (Å²) in [5, 5.41) is 20.5. The summed E-state index contributed by atoms with van der Waals surface area (Å²) in [5.41, 5.74) is -0.454. The molecule has 1 saturated heterocycles. The Hall–Kier alpha value is -1.99. The molecule has 2 aliphatic rings. The molecule has 30 heavy (non-hydrogen) atoms. The van der Waals surface area contributed by atoms with Crippen LogP contribution < -0.4 is 10.1 Å². The van der Waals surface area contributed by atoms with Crippen LogP contribution in [0.3, 0.4) is 0 Å². The third kappa shape index (κ3) is 3.85. The molecule has 4 rings (SSSR count). The van der Waals surface area contributed by atoms with E-state index in [1.165, 1.54) is 0 Å². The van der Waals surface area contributed by atoms with Crippen molar-refractivity contribution >= 4 is 20.0 Å². The number of rotatable bonds is 4. The Kier molecular flexibility index (Phi) is 4.76. The van der Waals surface area contributed by atoms with Crippen molar-refractivity contribution in [3.8, 4) is 5.75 Å². The highest BCUT2D eigenvalue weighted by molar-refractivity contribution is 7.71. The van der Waals surface area contributed by atoms with Crippen LogP contribution in [0.25, 0.3) is 0 Å². The van der Waals surface area contributed by atoms with E-state index in [0.717, 1.165) is 35.0 Å². The van der Waals surface area contributed by atoms with Crippen LogP contribution in [0.1, 0.15) is 14.5 Å². The van der Waals surface area contributed by atoms with Gasteiger partial charge in [-0.3, -0.25) is 23.4 Å². The molecule has 0 aliphatic carbocycles. The average Bonchev–Trinajstić information content (AvgIpc) is 2.93. The first-order valence-electron chi connectivity index (χ1n) is 9.33. The van der Waals surface area contributed by atoms with E-state index >= 15 is 4.39 Å². The highest BCUT2D eigenvalue weighted by atomic mass is 32.1. The van der Waals surface area contributed by atoms with Crippen LogP contribution in [-0.4, -0.2) is 44.4 Å². The summed E-state index contributed by atoms with van der Waals surface area (Å²) in [7, 11) is -4.82. The summed E-state index contributed by atoms with van der Waals surface area (Å²) < 4.78 is 77.7. The van der Waals surface area contributed by atoms with E-state index in [4.69, 9.17) is 28.7 Å². The minimum Gasteiger partial charge on any atom is -0.404 e. The van der Waals surface area contributed by atoms with E-state index in [9.17, 15) is 24.0 Å². The summed E-state index contributed by atoms with van der Waals surface area (Å²) in [6, 6.07) is 4.09. The number of phosphoric acid groups is 1. The summed E-state index contributed by atoms with van der Waals surface area (Å²) in [5.74, 6) is -4.56. The van der Waals surface area contributed by atoms with E-state index in [2.05, 4.69) is 9.51 Å². The molecule has 10 nitrogen and oxygen atoms in total. The molecule has 2 aliphatic heterocycles. The number of aliphatic hydroxyl groups is 2. The van der Waals surface area contributed by atoms with Crippen LogP contribution in [0.5, 0.6) is 5.75 Å². The van der Waals surface area contributed by atoms with Gasteiger partial charge in [-0.25, -0.2) is 13.3 Å². The highest BCUT2D eigenvalue weighted by Gasteiger charge is 2.57. The predicted octanol–water partition coefficient (Wildman–Crippen LogP) is 1.70. The van der Waals surface area contributed by atoms with Crippen LogP contribution in [-0.2, 0) is 25.0 Å². The first kappa shape index (κ1) is 18.8. The number of nitrogens with zero attached hydrogens (tertiary/aromatic N) is 1. The van der Waals surface area contributed by atoms with Crippen LogP contribution in [0.15, 0.2) is 35.3 Å². The molecule has 0 saturated carbocycles. The number of benzene rings is 1. The number of alkyl halides is 1. The standard InChI is InChI=1S/C16H15F2N2O8PS/c17-9-1-2-10-8(5-9)6-25-29(24,28-10)26-7-16(18)13(23)12(22)14(27-16)20-4-3-11(21)19-15(20)30/h1-5,12-14,22-23H,6-7H2,(H,19,21,30)/t12-,13+,14-,16-,29?/m1/s1/i7D2. The van der Waals surface area contributed by atoms with Crippen molar-refractivity contribution < 1.29 is 44.6 Å². The quantitative estimate of drug-likeness (QED) is 0.455. The molecule has 162 valence electrons. The Balaban J connectivity index is 1.61. The normalized spacial score (nSPS) is 34.6. The van der Waals surface area contributed by atoms with E-state index in [1.54, 1.807) is 0 Å². The monoisotopic (exact) mass is 466 g/mol. The highest BCUT2D eigenvalue weighted by Crippen LogP contribution is 2.55. The number of hydrogen-bond acceptors (Lipinski definition) is 9. The second-order valence-corrected chi connectivity index (χ2v) is 8.27. The van der Waals surface area contributed by atoms with Crippen molar-refractivity contribution in [2.24, 2.45) is 0 Å². The molecule has 3 N–H and O–H groups in total. The Bertz CT molecular complexity index is 1230. The molecule has 2 aromatic rings. The number of aliphatic hydroxyl groups excluding tert-OH is 2. The number of halogens is 2. The van der Waals surface area contributed by atoms with Gasteiger partial charge in [0.25, 0.3) is 11.4 Å². The fraction of sp³-hybridized carbons (Fsp3) is 0.375. The molecule has 3 heterocycles. The van der Waals surface area contributed by atoms with Gasteiger partial charge in [-0.1, -0.05) is 0 Å². The van der Waals surface area contributed by atoms with E-state index in [-0.39, 0.29) is 16.1 Å². The average molecular weight is 466 g/mol. The van der Waals surface area contributed by atoms with E-state index in [1.807, 2.05) is 0 Å². The smallest absolute Gasteiger partial charge is 0.404 e. The number of phosphoric ester groups is 1. The molecule has 1 unspecified atom stereocenters. The SMILES string of the molecule is [2H]C([2H])(OP1(=O)OCc2cc(F)ccc2O1)[C@@]1(F)O[C@@H](n2ccc(=O)[nH]c2=S)[C@H](O)[C@@H]1O. The lowest BCUT2D eigenvalue weighted by Crippen LogP contribution is -2.43. The van der Waals surface area contributed by atoms with Gasteiger partial charge in [0.15, 0.2) is 11.0 Å². The second-order valence-electron chi connectivity index (χ2n) is 6.36. The molecule has 1 aromatic heterocycles. The third-order valence-electron chi connectivity index (χ3n) is 4.32. The number of aromatic amines is 1. The van der Waals surface area contributed by atoms with Gasteiger partial charge >= 0.3 is 7.82 Å². The van der Waals surface area contributed by atoms with Crippen molar-refractivity contribution in [2.75, 3.05) is 6.56 Å². The first-order chi connectivity index (χ1) is 14.9. The number of H-pyrrole nitrogens is 1. The number of fused-ring (bicyclic) bond motifs is 1. The summed E-state index contributed by atoms with van der Waals surface area (Å²) in [6.07, 6.45) is -5.37. The van der Waals surface area contributed by atoms with E-state index in [0.29, 0.717) is 0 Å².